The summed E-state index contributed by atoms with van der Waals surface area (Å²) in [5.74, 6) is -0.191. The summed E-state index contributed by atoms with van der Waals surface area (Å²) in [5.41, 5.74) is 1.51. The first kappa shape index (κ1) is 14.8. The van der Waals surface area contributed by atoms with Gasteiger partial charge in [-0.15, -0.1) is 0 Å². The molecule has 0 unspecified atom stereocenters. The van der Waals surface area contributed by atoms with E-state index in [9.17, 15) is 9.59 Å². The lowest BCUT2D eigenvalue weighted by atomic mass is 10.0. The number of nitrogens with one attached hydrogen (secondary N) is 2. The molecule has 1 saturated heterocycles. The van der Waals surface area contributed by atoms with Crippen molar-refractivity contribution in [3.05, 3.63) is 47.7 Å². The number of rotatable bonds is 2. The van der Waals surface area contributed by atoms with E-state index in [-0.39, 0.29) is 17.6 Å². The van der Waals surface area contributed by atoms with Gasteiger partial charge < -0.3 is 15.1 Å². The van der Waals surface area contributed by atoms with Gasteiger partial charge in [0.1, 0.15) is 11.6 Å². The number of amides is 2. The normalized spacial score (nSPS) is 17.9. The van der Waals surface area contributed by atoms with Gasteiger partial charge in [0, 0.05) is 22.9 Å². The van der Waals surface area contributed by atoms with Crippen molar-refractivity contribution >= 4 is 33.6 Å². The quantitative estimate of drug-likeness (QED) is 0.762. The summed E-state index contributed by atoms with van der Waals surface area (Å²) in [6, 6.07) is 11.4. The van der Waals surface area contributed by atoms with Crippen LogP contribution in [0.5, 0.6) is 0 Å². The summed E-state index contributed by atoms with van der Waals surface area (Å²) in [6.07, 6.45) is 1.51. The van der Waals surface area contributed by atoms with E-state index in [1.165, 1.54) is 0 Å². The molecule has 2 heterocycles. The second kappa shape index (κ2) is 5.67. The van der Waals surface area contributed by atoms with E-state index in [1.54, 1.807) is 0 Å². The van der Waals surface area contributed by atoms with E-state index in [2.05, 4.69) is 10.6 Å². The highest BCUT2D eigenvalue weighted by atomic mass is 16.3. The van der Waals surface area contributed by atoms with E-state index in [4.69, 9.17) is 4.42 Å². The zero-order valence-electron chi connectivity index (χ0n) is 13.4. The van der Waals surface area contributed by atoms with Gasteiger partial charge in [-0.1, -0.05) is 36.4 Å². The lowest BCUT2D eigenvalue weighted by Gasteiger charge is -2.22. The average molecular weight is 322 g/mol. The number of benzene rings is 2. The van der Waals surface area contributed by atoms with Crippen molar-refractivity contribution in [3.8, 4) is 0 Å². The topological polar surface area (TPSA) is 71.3 Å². The Morgan fingerprint density at radius 1 is 1.21 bits per heavy atom. The minimum Gasteiger partial charge on any atom is -0.450 e. The highest BCUT2D eigenvalue weighted by Crippen LogP contribution is 2.31. The van der Waals surface area contributed by atoms with Crippen LogP contribution >= 0.6 is 0 Å². The van der Waals surface area contributed by atoms with Crippen LogP contribution in [-0.2, 0) is 4.79 Å². The van der Waals surface area contributed by atoms with Gasteiger partial charge in [-0.3, -0.25) is 9.59 Å². The first-order valence-corrected chi connectivity index (χ1v) is 8.14. The van der Waals surface area contributed by atoms with Crippen molar-refractivity contribution in [1.29, 1.82) is 0 Å². The van der Waals surface area contributed by atoms with Crippen molar-refractivity contribution < 1.29 is 14.0 Å². The molecule has 24 heavy (non-hydrogen) atoms. The van der Waals surface area contributed by atoms with Crippen LogP contribution in [0.4, 0.5) is 0 Å². The number of piperidine rings is 1. The number of furan rings is 1. The molecule has 2 aromatic carbocycles. The number of aryl methyl sites for hydroxylation is 1. The molecule has 1 aromatic heterocycles. The molecule has 5 heteroatoms. The number of carbonyl (C=O) groups is 2. The third kappa shape index (κ3) is 2.33. The molecule has 1 atom stereocenters. The van der Waals surface area contributed by atoms with Crippen LogP contribution in [0.2, 0.25) is 0 Å². The maximum atomic E-state index is 12.6. The molecule has 0 spiro atoms. The van der Waals surface area contributed by atoms with Crippen LogP contribution in [0, 0.1) is 6.92 Å². The summed E-state index contributed by atoms with van der Waals surface area (Å²) in [5, 5.41) is 8.53. The molecule has 122 valence electrons. The lowest BCUT2D eigenvalue weighted by molar-refractivity contribution is -0.124. The third-order valence-corrected chi connectivity index (χ3v) is 4.63. The smallest absolute Gasteiger partial charge is 0.287 e. The average Bonchev–Trinajstić information content (AvgIpc) is 2.94. The Hall–Kier alpha value is -2.82. The molecule has 0 radical (unpaired) electrons. The Balaban J connectivity index is 1.73. The summed E-state index contributed by atoms with van der Waals surface area (Å²) < 4.78 is 5.91. The van der Waals surface area contributed by atoms with Crippen molar-refractivity contribution in [2.75, 3.05) is 6.54 Å². The second-order valence-corrected chi connectivity index (χ2v) is 6.18. The van der Waals surface area contributed by atoms with E-state index in [0.717, 1.165) is 28.1 Å². The molecule has 2 N–H and O–H groups in total. The fraction of sp³-hybridized carbons (Fsp3) is 0.263. The molecule has 0 saturated carbocycles. The van der Waals surface area contributed by atoms with Crippen molar-refractivity contribution in [2.24, 2.45) is 0 Å². The Morgan fingerprint density at radius 3 is 2.88 bits per heavy atom. The predicted octanol–water partition coefficient (Wildman–Crippen LogP) is 2.90. The van der Waals surface area contributed by atoms with E-state index in [1.807, 2.05) is 43.3 Å². The molecule has 2 amide bonds. The number of hydrogen-bond acceptors (Lipinski definition) is 3. The summed E-state index contributed by atoms with van der Waals surface area (Å²) >= 11 is 0. The van der Waals surface area contributed by atoms with Crippen molar-refractivity contribution in [3.63, 3.8) is 0 Å². The first-order chi connectivity index (χ1) is 11.6. The monoisotopic (exact) mass is 322 g/mol. The largest absolute Gasteiger partial charge is 0.450 e. The van der Waals surface area contributed by atoms with Gasteiger partial charge in [-0.2, -0.15) is 0 Å². The highest BCUT2D eigenvalue weighted by Gasteiger charge is 2.27. The predicted molar refractivity (Wildman–Crippen MR) is 92.0 cm³/mol. The third-order valence-electron chi connectivity index (χ3n) is 4.63. The first-order valence-electron chi connectivity index (χ1n) is 8.14. The Bertz CT molecular complexity index is 958. The standard InChI is InChI=1S/C19H18N2O3/c1-11-13-9-8-12-5-2-3-6-14(12)17(13)24-16(11)19(23)21-15-7-4-10-20-18(15)22/h2-3,5-6,8-9,15H,4,7,10H2,1H3,(H,20,22)(H,21,23)/t15-/m0/s1. The van der Waals surface area contributed by atoms with E-state index < -0.39 is 6.04 Å². The Kier molecular flexibility index (Phi) is 3.49. The van der Waals surface area contributed by atoms with Gasteiger partial charge in [0.25, 0.3) is 5.91 Å². The zero-order valence-corrected chi connectivity index (χ0v) is 13.4. The summed E-state index contributed by atoms with van der Waals surface area (Å²) in [7, 11) is 0. The fourth-order valence-corrected chi connectivity index (χ4v) is 3.30. The highest BCUT2D eigenvalue weighted by molar-refractivity contribution is 6.09. The maximum absolute atomic E-state index is 12.6. The van der Waals surface area contributed by atoms with Gasteiger partial charge in [-0.05, 0) is 25.2 Å². The summed E-state index contributed by atoms with van der Waals surface area (Å²) in [4.78, 5) is 24.4. The molecule has 1 aliphatic heterocycles. The molecule has 1 aliphatic rings. The van der Waals surface area contributed by atoms with Gasteiger partial charge in [-0.25, -0.2) is 0 Å². The van der Waals surface area contributed by atoms with Crippen molar-refractivity contribution in [1.82, 2.24) is 10.6 Å². The van der Waals surface area contributed by atoms with Crippen LogP contribution in [-0.4, -0.2) is 24.4 Å². The SMILES string of the molecule is Cc1c(C(=O)N[C@H]2CCCNC2=O)oc2c1ccc1ccccc12. The minimum absolute atomic E-state index is 0.131. The lowest BCUT2D eigenvalue weighted by Crippen LogP contribution is -2.50. The Morgan fingerprint density at radius 2 is 2.04 bits per heavy atom. The number of hydrogen-bond donors (Lipinski definition) is 2. The molecular formula is C19H18N2O3. The van der Waals surface area contributed by atoms with E-state index in [0.29, 0.717) is 18.5 Å². The molecule has 0 aliphatic carbocycles. The van der Waals surface area contributed by atoms with Crippen LogP contribution in [0.15, 0.2) is 40.8 Å². The van der Waals surface area contributed by atoms with Crippen LogP contribution in [0.1, 0.15) is 29.0 Å². The van der Waals surface area contributed by atoms with Crippen molar-refractivity contribution in [2.45, 2.75) is 25.8 Å². The number of carbonyl (C=O) groups excluding carboxylic acids is 2. The minimum atomic E-state index is -0.490. The van der Waals surface area contributed by atoms with Gasteiger partial charge in [0.2, 0.25) is 5.91 Å². The van der Waals surface area contributed by atoms with Crippen LogP contribution < -0.4 is 10.6 Å². The Labute approximate surface area is 139 Å². The van der Waals surface area contributed by atoms with Crippen LogP contribution in [0.3, 0.4) is 0 Å². The molecule has 5 nitrogen and oxygen atoms in total. The molecule has 3 aromatic rings. The van der Waals surface area contributed by atoms with Gasteiger partial charge in [0.15, 0.2) is 5.76 Å². The van der Waals surface area contributed by atoms with Crippen LogP contribution in [0.25, 0.3) is 21.7 Å². The number of fused-ring (bicyclic) bond motifs is 3. The molecule has 0 bridgehead atoms. The fourth-order valence-electron chi connectivity index (χ4n) is 3.30. The molecular weight excluding hydrogens is 304 g/mol. The summed E-state index contributed by atoms with van der Waals surface area (Å²) in [6.45, 7) is 2.54. The maximum Gasteiger partial charge on any atom is 0.287 e. The van der Waals surface area contributed by atoms with Gasteiger partial charge >= 0.3 is 0 Å². The van der Waals surface area contributed by atoms with E-state index >= 15 is 0 Å². The molecule has 4 rings (SSSR count). The van der Waals surface area contributed by atoms with Gasteiger partial charge in [0.05, 0.1) is 0 Å². The second-order valence-electron chi connectivity index (χ2n) is 6.18. The molecule has 1 fully saturated rings. The zero-order chi connectivity index (χ0) is 16.7.